The first kappa shape index (κ1) is 19.8. The Kier molecular flexibility index (Phi) is 4.63. The minimum atomic E-state index is -1.02. The van der Waals surface area contributed by atoms with Gasteiger partial charge in [0, 0.05) is 42.7 Å². The number of likely N-dealkylation sites (tertiary alicyclic amines) is 1. The highest BCUT2D eigenvalue weighted by atomic mass is 16.5. The molecule has 3 aromatic rings. The number of nitrogens with zero attached hydrogens (tertiary/aromatic N) is 3. The number of rotatable bonds is 3. The monoisotopic (exact) mass is 417 g/mol. The molecule has 2 aromatic carbocycles. The molecule has 5 rings (SSSR count). The van der Waals surface area contributed by atoms with E-state index in [1.165, 1.54) is 12.7 Å². The van der Waals surface area contributed by atoms with Crippen LogP contribution in [0.3, 0.4) is 0 Å². The van der Waals surface area contributed by atoms with Gasteiger partial charge in [-0.1, -0.05) is 48.5 Å². The Morgan fingerprint density at radius 1 is 1.06 bits per heavy atom. The van der Waals surface area contributed by atoms with E-state index in [0.29, 0.717) is 19.6 Å². The van der Waals surface area contributed by atoms with Gasteiger partial charge in [0.2, 0.25) is 5.91 Å². The molecular formula is C25H27N3O3. The van der Waals surface area contributed by atoms with Gasteiger partial charge in [0.25, 0.3) is 0 Å². The Morgan fingerprint density at radius 2 is 1.77 bits per heavy atom. The van der Waals surface area contributed by atoms with Gasteiger partial charge in [-0.2, -0.15) is 0 Å². The quantitative estimate of drug-likeness (QED) is 0.615. The van der Waals surface area contributed by atoms with Gasteiger partial charge in [0.1, 0.15) is 0 Å². The fourth-order valence-corrected chi connectivity index (χ4v) is 5.67. The van der Waals surface area contributed by atoms with Crippen LogP contribution in [-0.2, 0) is 34.3 Å². The SMILES string of the molecule is COC(=O)[C@@]12CN(C)C[C@@H]1c1c(n(C)c3ccccc13)CN2C(=O)Cc1ccccc1. The zero-order valence-corrected chi connectivity index (χ0v) is 18.2. The van der Waals surface area contributed by atoms with Gasteiger partial charge in [-0.3, -0.25) is 4.79 Å². The second kappa shape index (κ2) is 7.24. The number of para-hydroxylation sites is 1. The van der Waals surface area contributed by atoms with Crippen molar-refractivity contribution in [2.75, 3.05) is 27.2 Å². The van der Waals surface area contributed by atoms with Crippen LogP contribution >= 0.6 is 0 Å². The van der Waals surface area contributed by atoms with Crippen LogP contribution in [0, 0.1) is 0 Å². The maximum Gasteiger partial charge on any atom is 0.333 e. The predicted octanol–water partition coefficient (Wildman–Crippen LogP) is 2.70. The average molecular weight is 418 g/mol. The maximum absolute atomic E-state index is 13.7. The molecule has 2 atom stereocenters. The maximum atomic E-state index is 13.7. The molecule has 0 aliphatic carbocycles. The fourth-order valence-electron chi connectivity index (χ4n) is 5.67. The van der Waals surface area contributed by atoms with E-state index in [2.05, 4.69) is 21.6 Å². The first-order chi connectivity index (χ1) is 15.0. The third kappa shape index (κ3) is 2.82. The summed E-state index contributed by atoms with van der Waals surface area (Å²) in [6.45, 7) is 1.56. The summed E-state index contributed by atoms with van der Waals surface area (Å²) in [5.74, 6) is -0.519. The van der Waals surface area contributed by atoms with Crippen molar-refractivity contribution >= 4 is 22.8 Å². The van der Waals surface area contributed by atoms with Crippen molar-refractivity contribution in [1.82, 2.24) is 14.4 Å². The summed E-state index contributed by atoms with van der Waals surface area (Å²) in [4.78, 5) is 31.0. The number of methoxy groups -OCH3 is 1. The number of aromatic nitrogens is 1. The lowest BCUT2D eigenvalue weighted by Gasteiger charge is -2.46. The summed E-state index contributed by atoms with van der Waals surface area (Å²) in [6, 6.07) is 18.0. The van der Waals surface area contributed by atoms with Crippen molar-refractivity contribution in [2.24, 2.45) is 7.05 Å². The number of carbonyl (C=O) groups is 2. The highest BCUT2D eigenvalue weighted by molar-refractivity contribution is 5.95. The molecule has 0 saturated carbocycles. The number of fused-ring (bicyclic) bond motifs is 5. The molecule has 6 heteroatoms. The zero-order valence-electron chi connectivity index (χ0n) is 18.2. The number of likely N-dealkylation sites (N-methyl/N-ethyl adjacent to an activating group) is 1. The number of ether oxygens (including phenoxy) is 1. The summed E-state index contributed by atoms with van der Waals surface area (Å²) in [5.41, 5.74) is 3.32. The van der Waals surface area contributed by atoms with Gasteiger partial charge in [-0.05, 0) is 24.2 Å². The summed E-state index contributed by atoms with van der Waals surface area (Å²) in [6.07, 6.45) is 0.259. The molecule has 6 nitrogen and oxygen atoms in total. The largest absolute Gasteiger partial charge is 0.467 e. The van der Waals surface area contributed by atoms with Crippen LogP contribution < -0.4 is 0 Å². The lowest BCUT2D eigenvalue weighted by molar-refractivity contribution is -0.164. The Labute approximate surface area is 182 Å². The number of esters is 1. The van der Waals surface area contributed by atoms with E-state index in [4.69, 9.17) is 4.74 Å². The Hall–Kier alpha value is -3.12. The molecule has 0 spiro atoms. The summed E-state index contributed by atoms with van der Waals surface area (Å²) in [7, 11) is 5.48. The minimum absolute atomic E-state index is 0.0483. The van der Waals surface area contributed by atoms with Gasteiger partial charge in [0.05, 0.1) is 20.1 Å². The molecule has 160 valence electrons. The molecule has 1 fully saturated rings. The van der Waals surface area contributed by atoms with Crippen LogP contribution in [0.2, 0.25) is 0 Å². The van der Waals surface area contributed by atoms with Gasteiger partial charge >= 0.3 is 5.97 Å². The van der Waals surface area contributed by atoms with Crippen LogP contribution in [0.25, 0.3) is 10.9 Å². The summed E-state index contributed by atoms with van der Waals surface area (Å²) >= 11 is 0. The number of aryl methyl sites for hydroxylation is 1. The highest BCUT2D eigenvalue weighted by Gasteiger charge is 2.61. The predicted molar refractivity (Wildman–Crippen MR) is 119 cm³/mol. The Balaban J connectivity index is 1.69. The van der Waals surface area contributed by atoms with E-state index < -0.39 is 5.54 Å². The molecule has 3 heterocycles. The smallest absolute Gasteiger partial charge is 0.333 e. The molecule has 2 aliphatic rings. The number of hydrogen-bond donors (Lipinski definition) is 0. The normalized spacial score (nSPS) is 22.9. The van der Waals surface area contributed by atoms with E-state index in [-0.39, 0.29) is 24.2 Å². The highest BCUT2D eigenvalue weighted by Crippen LogP contribution is 2.49. The Bertz CT molecular complexity index is 1170. The first-order valence-corrected chi connectivity index (χ1v) is 10.6. The molecule has 31 heavy (non-hydrogen) atoms. The standard InChI is InChI=1S/C25H27N3O3/c1-26-14-19-23-18-11-7-8-12-20(18)27(2)21(23)15-28(25(19,16-26)24(30)31-3)22(29)13-17-9-5-4-6-10-17/h4-12,19H,13-16H2,1-3H3/t19-,25-/m1/s1. The third-order valence-electron chi connectivity index (χ3n) is 7.03. The molecule has 0 unspecified atom stereocenters. The second-order valence-corrected chi connectivity index (χ2v) is 8.74. The van der Waals surface area contributed by atoms with Crippen molar-refractivity contribution in [3.63, 3.8) is 0 Å². The van der Waals surface area contributed by atoms with Crippen LogP contribution in [-0.4, -0.2) is 59.0 Å². The van der Waals surface area contributed by atoms with Gasteiger partial charge in [-0.15, -0.1) is 0 Å². The zero-order chi connectivity index (χ0) is 21.8. The molecule has 1 amide bonds. The number of hydrogen-bond acceptors (Lipinski definition) is 4. The lowest BCUT2D eigenvalue weighted by Crippen LogP contribution is -2.63. The van der Waals surface area contributed by atoms with Gasteiger partial charge in [-0.25, -0.2) is 4.79 Å². The van der Waals surface area contributed by atoms with Crippen LogP contribution in [0.4, 0.5) is 0 Å². The molecule has 0 N–H and O–H groups in total. The second-order valence-electron chi connectivity index (χ2n) is 8.74. The Morgan fingerprint density at radius 3 is 2.52 bits per heavy atom. The summed E-state index contributed by atoms with van der Waals surface area (Å²) < 4.78 is 7.51. The van der Waals surface area contributed by atoms with E-state index in [1.807, 2.05) is 56.6 Å². The van der Waals surface area contributed by atoms with Crippen molar-refractivity contribution < 1.29 is 14.3 Å². The molecule has 1 saturated heterocycles. The number of carbonyl (C=O) groups excluding carboxylic acids is 2. The van der Waals surface area contributed by atoms with Gasteiger partial charge in [0.15, 0.2) is 5.54 Å². The van der Waals surface area contributed by atoms with Crippen molar-refractivity contribution in [3.05, 3.63) is 71.4 Å². The van der Waals surface area contributed by atoms with Crippen molar-refractivity contribution in [3.8, 4) is 0 Å². The van der Waals surface area contributed by atoms with Crippen LogP contribution in [0.1, 0.15) is 22.7 Å². The molecule has 0 radical (unpaired) electrons. The number of benzene rings is 2. The molecule has 0 bridgehead atoms. The minimum Gasteiger partial charge on any atom is -0.467 e. The van der Waals surface area contributed by atoms with Gasteiger partial charge < -0.3 is 19.1 Å². The average Bonchev–Trinajstić information content (AvgIpc) is 3.28. The molecular weight excluding hydrogens is 390 g/mol. The van der Waals surface area contributed by atoms with Crippen LogP contribution in [0.15, 0.2) is 54.6 Å². The topological polar surface area (TPSA) is 54.8 Å². The van der Waals surface area contributed by atoms with E-state index in [9.17, 15) is 9.59 Å². The van der Waals surface area contributed by atoms with Crippen molar-refractivity contribution in [2.45, 2.75) is 24.4 Å². The lowest BCUT2D eigenvalue weighted by atomic mass is 9.75. The third-order valence-corrected chi connectivity index (χ3v) is 7.03. The van der Waals surface area contributed by atoms with E-state index in [0.717, 1.165) is 22.2 Å². The molecule has 2 aliphatic heterocycles. The van der Waals surface area contributed by atoms with E-state index >= 15 is 0 Å². The first-order valence-electron chi connectivity index (χ1n) is 10.6. The fraction of sp³-hybridized carbons (Fsp3) is 0.360. The summed E-state index contributed by atoms with van der Waals surface area (Å²) in [5, 5.41) is 1.16. The molecule has 1 aromatic heterocycles. The number of amides is 1. The van der Waals surface area contributed by atoms with Crippen LogP contribution in [0.5, 0.6) is 0 Å². The van der Waals surface area contributed by atoms with Crippen molar-refractivity contribution in [1.29, 1.82) is 0 Å². The van der Waals surface area contributed by atoms with E-state index in [1.54, 1.807) is 4.90 Å².